The Labute approximate surface area is 91.5 Å². The first-order valence-electron chi connectivity index (χ1n) is 5.11. The zero-order valence-corrected chi connectivity index (χ0v) is 10.1. The van der Waals surface area contributed by atoms with E-state index >= 15 is 0 Å². The molecule has 0 spiro atoms. The number of benzene rings is 1. The SMILES string of the molecule is CC.CC.Cc1cc(C#N)c(F)cc1N. The smallest absolute Gasteiger partial charge is 0.143 e. The molecule has 0 atom stereocenters. The molecule has 0 fully saturated rings. The van der Waals surface area contributed by atoms with Gasteiger partial charge in [-0.05, 0) is 24.6 Å². The van der Waals surface area contributed by atoms with Crippen LogP contribution in [0.4, 0.5) is 10.1 Å². The molecule has 2 N–H and O–H groups in total. The van der Waals surface area contributed by atoms with Crippen LogP contribution in [0.25, 0.3) is 0 Å². The van der Waals surface area contributed by atoms with E-state index in [9.17, 15) is 4.39 Å². The Morgan fingerprint density at radius 3 is 2.07 bits per heavy atom. The van der Waals surface area contributed by atoms with Crippen LogP contribution < -0.4 is 5.73 Å². The molecular weight excluding hydrogens is 191 g/mol. The zero-order chi connectivity index (χ0) is 12.4. The number of nitrogen functional groups attached to an aromatic ring is 1. The summed E-state index contributed by atoms with van der Waals surface area (Å²) in [6, 6.07) is 4.33. The minimum absolute atomic E-state index is 0.0386. The summed E-state index contributed by atoms with van der Waals surface area (Å²) in [5.41, 5.74) is 6.53. The number of nitrogens with zero attached hydrogens (tertiary/aromatic N) is 1. The molecule has 1 aromatic carbocycles. The van der Waals surface area contributed by atoms with Crippen LogP contribution in [-0.2, 0) is 0 Å². The lowest BCUT2D eigenvalue weighted by atomic mass is 10.1. The second-order valence-corrected chi connectivity index (χ2v) is 2.30. The van der Waals surface area contributed by atoms with Crippen molar-refractivity contribution < 1.29 is 4.39 Å². The second kappa shape index (κ2) is 9.01. The molecule has 0 amide bonds. The van der Waals surface area contributed by atoms with Crippen LogP contribution in [-0.4, -0.2) is 0 Å². The predicted octanol–water partition coefficient (Wildman–Crippen LogP) is 3.64. The first-order valence-corrected chi connectivity index (χ1v) is 5.11. The molecule has 1 rings (SSSR count). The minimum atomic E-state index is -0.560. The van der Waals surface area contributed by atoms with Crippen molar-refractivity contribution in [2.75, 3.05) is 5.73 Å². The number of aryl methyl sites for hydroxylation is 1. The Morgan fingerprint density at radius 1 is 1.20 bits per heavy atom. The van der Waals surface area contributed by atoms with Gasteiger partial charge < -0.3 is 5.73 Å². The van der Waals surface area contributed by atoms with Gasteiger partial charge in [-0.15, -0.1) is 0 Å². The van der Waals surface area contributed by atoms with Crippen LogP contribution >= 0.6 is 0 Å². The van der Waals surface area contributed by atoms with E-state index in [1.165, 1.54) is 6.07 Å². The molecule has 0 saturated carbocycles. The van der Waals surface area contributed by atoms with Gasteiger partial charge in [0, 0.05) is 5.69 Å². The van der Waals surface area contributed by atoms with Gasteiger partial charge in [0.25, 0.3) is 0 Å². The average molecular weight is 210 g/mol. The summed E-state index contributed by atoms with van der Waals surface area (Å²) in [7, 11) is 0. The second-order valence-electron chi connectivity index (χ2n) is 2.30. The fourth-order valence-corrected chi connectivity index (χ4v) is 0.783. The number of nitrogens with two attached hydrogens (primary N) is 1. The van der Waals surface area contributed by atoms with Crippen molar-refractivity contribution in [2.24, 2.45) is 0 Å². The van der Waals surface area contributed by atoms with E-state index in [0.717, 1.165) is 11.6 Å². The van der Waals surface area contributed by atoms with E-state index in [1.54, 1.807) is 13.0 Å². The van der Waals surface area contributed by atoms with Crippen LogP contribution in [0.5, 0.6) is 0 Å². The Kier molecular flexibility index (Phi) is 9.55. The number of anilines is 1. The summed E-state index contributed by atoms with van der Waals surface area (Å²) in [6.07, 6.45) is 0. The fraction of sp³-hybridized carbons (Fsp3) is 0.417. The Bertz CT molecular complexity index is 327. The number of hydrogen-bond donors (Lipinski definition) is 1. The van der Waals surface area contributed by atoms with Crippen LogP contribution in [0, 0.1) is 24.1 Å². The molecule has 15 heavy (non-hydrogen) atoms. The minimum Gasteiger partial charge on any atom is -0.398 e. The summed E-state index contributed by atoms with van der Waals surface area (Å²) in [5.74, 6) is -0.560. The number of rotatable bonds is 0. The highest BCUT2D eigenvalue weighted by atomic mass is 19.1. The van der Waals surface area contributed by atoms with Crippen molar-refractivity contribution >= 4 is 5.69 Å². The van der Waals surface area contributed by atoms with E-state index in [0.29, 0.717) is 5.69 Å². The Hall–Kier alpha value is -1.56. The largest absolute Gasteiger partial charge is 0.398 e. The van der Waals surface area contributed by atoms with Crippen molar-refractivity contribution in [3.63, 3.8) is 0 Å². The van der Waals surface area contributed by atoms with Gasteiger partial charge >= 0.3 is 0 Å². The van der Waals surface area contributed by atoms with E-state index in [2.05, 4.69) is 0 Å². The Balaban J connectivity index is 0. The summed E-state index contributed by atoms with van der Waals surface area (Å²) in [5, 5.41) is 8.40. The van der Waals surface area contributed by atoms with Crippen molar-refractivity contribution in [3.05, 3.63) is 29.1 Å². The monoisotopic (exact) mass is 210 g/mol. The molecular formula is C12H19FN2. The third-order valence-electron chi connectivity index (χ3n) is 1.48. The third kappa shape index (κ3) is 5.02. The van der Waals surface area contributed by atoms with Crippen molar-refractivity contribution in [1.29, 1.82) is 5.26 Å². The normalized spacial score (nSPS) is 7.53. The standard InChI is InChI=1S/C8H7FN2.2C2H6/c1-5-2-6(4-10)7(9)3-8(5)11;2*1-2/h2-3H,11H2,1H3;2*1-2H3. The highest BCUT2D eigenvalue weighted by Crippen LogP contribution is 2.15. The fourth-order valence-electron chi connectivity index (χ4n) is 0.783. The molecule has 0 aliphatic heterocycles. The van der Waals surface area contributed by atoms with E-state index < -0.39 is 5.82 Å². The molecule has 3 heteroatoms. The number of halogens is 1. The van der Waals surface area contributed by atoms with Crippen LogP contribution in [0.2, 0.25) is 0 Å². The molecule has 0 bridgehead atoms. The molecule has 1 aromatic rings. The molecule has 0 aromatic heterocycles. The van der Waals surface area contributed by atoms with Crippen molar-refractivity contribution in [3.8, 4) is 6.07 Å². The number of hydrogen-bond acceptors (Lipinski definition) is 2. The lowest BCUT2D eigenvalue weighted by molar-refractivity contribution is 0.624. The maximum absolute atomic E-state index is 12.7. The summed E-state index contributed by atoms with van der Waals surface area (Å²) >= 11 is 0. The predicted molar refractivity (Wildman–Crippen MR) is 63.0 cm³/mol. The van der Waals surface area contributed by atoms with Crippen LogP contribution in [0.15, 0.2) is 12.1 Å². The van der Waals surface area contributed by atoms with Crippen molar-refractivity contribution in [1.82, 2.24) is 0 Å². The number of nitriles is 1. The van der Waals surface area contributed by atoms with Gasteiger partial charge in [-0.2, -0.15) is 5.26 Å². The summed E-state index contributed by atoms with van der Waals surface area (Å²) in [4.78, 5) is 0. The summed E-state index contributed by atoms with van der Waals surface area (Å²) < 4.78 is 12.7. The zero-order valence-electron chi connectivity index (χ0n) is 10.1. The first-order chi connectivity index (χ1) is 7.15. The molecule has 84 valence electrons. The van der Waals surface area contributed by atoms with Gasteiger partial charge in [0.2, 0.25) is 0 Å². The lowest BCUT2D eigenvalue weighted by Crippen LogP contribution is -1.93. The van der Waals surface area contributed by atoms with Gasteiger partial charge in [0.15, 0.2) is 0 Å². The van der Waals surface area contributed by atoms with Gasteiger partial charge in [-0.25, -0.2) is 4.39 Å². The van der Waals surface area contributed by atoms with Crippen LogP contribution in [0.1, 0.15) is 38.8 Å². The Morgan fingerprint density at radius 2 is 1.67 bits per heavy atom. The molecule has 0 aliphatic rings. The molecule has 2 nitrogen and oxygen atoms in total. The van der Waals surface area contributed by atoms with E-state index in [-0.39, 0.29) is 5.56 Å². The topological polar surface area (TPSA) is 49.8 Å². The van der Waals surface area contributed by atoms with E-state index in [4.69, 9.17) is 11.0 Å². The van der Waals surface area contributed by atoms with E-state index in [1.807, 2.05) is 27.7 Å². The summed E-state index contributed by atoms with van der Waals surface area (Å²) in [6.45, 7) is 9.73. The van der Waals surface area contributed by atoms with Gasteiger partial charge in [0.05, 0.1) is 5.56 Å². The molecule has 0 unspecified atom stereocenters. The maximum Gasteiger partial charge on any atom is 0.143 e. The molecule has 0 aliphatic carbocycles. The van der Waals surface area contributed by atoms with Gasteiger partial charge in [-0.1, -0.05) is 27.7 Å². The lowest BCUT2D eigenvalue weighted by Gasteiger charge is -1.99. The molecule has 0 radical (unpaired) electrons. The van der Waals surface area contributed by atoms with Crippen LogP contribution in [0.3, 0.4) is 0 Å². The maximum atomic E-state index is 12.7. The molecule has 0 heterocycles. The van der Waals surface area contributed by atoms with Gasteiger partial charge in [0.1, 0.15) is 11.9 Å². The highest BCUT2D eigenvalue weighted by molar-refractivity contribution is 5.51. The quantitative estimate of drug-likeness (QED) is 0.664. The molecule has 0 saturated heterocycles. The highest BCUT2D eigenvalue weighted by Gasteiger charge is 2.03. The van der Waals surface area contributed by atoms with Gasteiger partial charge in [-0.3, -0.25) is 0 Å². The average Bonchev–Trinajstić information content (AvgIpc) is 2.29. The third-order valence-corrected chi connectivity index (χ3v) is 1.48. The van der Waals surface area contributed by atoms with Crippen molar-refractivity contribution in [2.45, 2.75) is 34.6 Å². The first kappa shape index (κ1) is 15.9.